The molecule has 2 aromatic carbocycles. The third-order valence-corrected chi connectivity index (χ3v) is 3.97. The predicted molar refractivity (Wildman–Crippen MR) is 92.2 cm³/mol. The lowest BCUT2D eigenvalue weighted by Crippen LogP contribution is -1.99. The molecule has 0 saturated carbocycles. The van der Waals surface area contributed by atoms with Gasteiger partial charge in [-0.1, -0.05) is 18.2 Å². The fourth-order valence-corrected chi connectivity index (χ4v) is 2.76. The molecule has 3 rings (SSSR count). The highest BCUT2D eigenvalue weighted by atomic mass is 16.5. The summed E-state index contributed by atoms with van der Waals surface area (Å²) in [4.78, 5) is 0. The van der Waals surface area contributed by atoms with Gasteiger partial charge in [-0.25, -0.2) is 0 Å². The molecular weight excluding hydrogens is 272 g/mol. The second kappa shape index (κ2) is 5.76. The summed E-state index contributed by atoms with van der Waals surface area (Å²) < 4.78 is 8.28. The van der Waals surface area contributed by atoms with Gasteiger partial charge in [-0.05, 0) is 50.6 Å². The van der Waals surface area contributed by atoms with Gasteiger partial charge in [0, 0.05) is 34.4 Å². The van der Waals surface area contributed by atoms with Crippen LogP contribution >= 0.6 is 0 Å². The Morgan fingerprint density at radius 2 is 1.91 bits per heavy atom. The van der Waals surface area contributed by atoms with Crippen LogP contribution in [0.4, 0.5) is 5.69 Å². The molecular formula is C19H22N2O. The molecule has 3 heteroatoms. The summed E-state index contributed by atoms with van der Waals surface area (Å²) in [5, 5.41) is 1.17. The Labute approximate surface area is 131 Å². The maximum atomic E-state index is 6.01. The molecule has 0 aliphatic heterocycles. The standard InChI is InChI=1S/C19H22N2O/c1-13(2)21-11-15(17-10-16(20)8-9-18(17)21)12-22-19-7-5-4-6-14(19)3/h4-11,13H,12,20H2,1-3H3. The molecule has 0 unspecified atom stereocenters. The van der Waals surface area contributed by atoms with Crippen LogP contribution in [-0.2, 0) is 6.61 Å². The summed E-state index contributed by atoms with van der Waals surface area (Å²) in [6.07, 6.45) is 2.17. The van der Waals surface area contributed by atoms with Crippen LogP contribution in [0.2, 0.25) is 0 Å². The minimum absolute atomic E-state index is 0.401. The largest absolute Gasteiger partial charge is 0.489 e. The molecule has 3 aromatic rings. The summed E-state index contributed by atoms with van der Waals surface area (Å²) in [5.74, 6) is 0.928. The van der Waals surface area contributed by atoms with Gasteiger partial charge in [-0.2, -0.15) is 0 Å². The average molecular weight is 294 g/mol. The van der Waals surface area contributed by atoms with Crippen molar-refractivity contribution < 1.29 is 4.74 Å². The summed E-state index contributed by atoms with van der Waals surface area (Å²) in [7, 11) is 0. The monoisotopic (exact) mass is 294 g/mol. The van der Waals surface area contributed by atoms with E-state index >= 15 is 0 Å². The lowest BCUT2D eigenvalue weighted by molar-refractivity contribution is 0.305. The highest BCUT2D eigenvalue weighted by molar-refractivity contribution is 5.87. The number of benzene rings is 2. The van der Waals surface area contributed by atoms with Crippen molar-refractivity contribution in [3.8, 4) is 5.75 Å². The Balaban J connectivity index is 1.96. The van der Waals surface area contributed by atoms with E-state index in [0.29, 0.717) is 12.6 Å². The number of hydrogen-bond acceptors (Lipinski definition) is 2. The topological polar surface area (TPSA) is 40.2 Å². The molecule has 2 N–H and O–H groups in total. The molecule has 1 heterocycles. The van der Waals surface area contributed by atoms with Gasteiger partial charge in [0.25, 0.3) is 0 Å². The zero-order valence-electron chi connectivity index (χ0n) is 13.3. The van der Waals surface area contributed by atoms with Crippen LogP contribution in [-0.4, -0.2) is 4.57 Å². The molecule has 22 heavy (non-hydrogen) atoms. The molecule has 1 aromatic heterocycles. The number of hydrogen-bond donors (Lipinski definition) is 1. The molecule has 0 radical (unpaired) electrons. The third kappa shape index (κ3) is 2.67. The van der Waals surface area contributed by atoms with Crippen molar-refractivity contribution >= 4 is 16.6 Å². The number of nitrogens with zero attached hydrogens (tertiary/aromatic N) is 1. The second-order valence-electron chi connectivity index (χ2n) is 5.99. The molecule has 0 amide bonds. The Morgan fingerprint density at radius 3 is 2.64 bits per heavy atom. The van der Waals surface area contributed by atoms with Crippen LogP contribution in [0.3, 0.4) is 0 Å². The molecule has 0 aliphatic rings. The predicted octanol–water partition coefficient (Wildman–Crippen LogP) is 4.69. The fraction of sp³-hybridized carbons (Fsp3) is 0.263. The molecule has 0 saturated heterocycles. The highest BCUT2D eigenvalue weighted by Crippen LogP contribution is 2.28. The van der Waals surface area contributed by atoms with E-state index in [9.17, 15) is 0 Å². The van der Waals surface area contributed by atoms with Crippen LogP contribution in [0, 0.1) is 6.92 Å². The number of aromatic nitrogens is 1. The van der Waals surface area contributed by atoms with E-state index in [-0.39, 0.29) is 0 Å². The Bertz CT molecular complexity index is 802. The smallest absolute Gasteiger partial charge is 0.122 e. The molecule has 3 nitrogen and oxygen atoms in total. The summed E-state index contributed by atoms with van der Waals surface area (Å²) in [6.45, 7) is 6.97. The van der Waals surface area contributed by atoms with Crippen molar-refractivity contribution in [1.29, 1.82) is 0 Å². The maximum Gasteiger partial charge on any atom is 0.122 e. The van der Waals surface area contributed by atoms with Crippen LogP contribution < -0.4 is 10.5 Å². The van der Waals surface area contributed by atoms with Gasteiger partial charge in [-0.15, -0.1) is 0 Å². The quantitative estimate of drug-likeness (QED) is 0.709. The minimum atomic E-state index is 0.401. The highest BCUT2D eigenvalue weighted by Gasteiger charge is 2.12. The van der Waals surface area contributed by atoms with E-state index in [1.54, 1.807) is 0 Å². The number of rotatable bonds is 4. The fourth-order valence-electron chi connectivity index (χ4n) is 2.76. The normalized spacial score (nSPS) is 11.3. The van der Waals surface area contributed by atoms with Gasteiger partial charge in [0.2, 0.25) is 0 Å². The molecule has 0 fully saturated rings. The number of ether oxygens (including phenoxy) is 1. The van der Waals surface area contributed by atoms with Gasteiger partial charge >= 0.3 is 0 Å². The van der Waals surface area contributed by atoms with E-state index in [1.165, 1.54) is 16.5 Å². The Morgan fingerprint density at radius 1 is 1.14 bits per heavy atom. The molecule has 0 aliphatic carbocycles. The van der Waals surface area contributed by atoms with Crippen LogP contribution in [0.5, 0.6) is 5.75 Å². The first kappa shape index (κ1) is 14.5. The summed E-state index contributed by atoms with van der Waals surface area (Å²) in [5.41, 5.74) is 10.3. The van der Waals surface area contributed by atoms with Crippen molar-refractivity contribution in [2.75, 3.05) is 5.73 Å². The zero-order valence-corrected chi connectivity index (χ0v) is 13.3. The molecule has 0 bridgehead atoms. The lowest BCUT2D eigenvalue weighted by Gasteiger charge is -2.09. The van der Waals surface area contributed by atoms with Crippen molar-refractivity contribution in [1.82, 2.24) is 4.57 Å². The van der Waals surface area contributed by atoms with Gasteiger partial charge in [-0.3, -0.25) is 0 Å². The van der Waals surface area contributed by atoms with Crippen LogP contribution in [0.15, 0.2) is 48.7 Å². The van der Waals surface area contributed by atoms with Crippen molar-refractivity contribution in [3.05, 3.63) is 59.8 Å². The van der Waals surface area contributed by atoms with E-state index < -0.39 is 0 Å². The van der Waals surface area contributed by atoms with Gasteiger partial charge in [0.15, 0.2) is 0 Å². The first-order valence-corrected chi connectivity index (χ1v) is 7.63. The summed E-state index contributed by atoms with van der Waals surface area (Å²) >= 11 is 0. The second-order valence-corrected chi connectivity index (χ2v) is 5.99. The average Bonchev–Trinajstić information content (AvgIpc) is 2.84. The number of anilines is 1. The Hall–Kier alpha value is -2.42. The van der Waals surface area contributed by atoms with E-state index in [0.717, 1.165) is 17.0 Å². The van der Waals surface area contributed by atoms with Crippen LogP contribution in [0.1, 0.15) is 31.0 Å². The number of fused-ring (bicyclic) bond motifs is 1. The number of para-hydroxylation sites is 1. The van der Waals surface area contributed by atoms with E-state index in [1.807, 2.05) is 30.3 Å². The maximum absolute atomic E-state index is 6.01. The van der Waals surface area contributed by atoms with E-state index in [4.69, 9.17) is 10.5 Å². The summed E-state index contributed by atoms with van der Waals surface area (Å²) in [6, 6.07) is 14.6. The first-order chi connectivity index (χ1) is 10.6. The number of nitrogens with two attached hydrogens (primary N) is 1. The van der Waals surface area contributed by atoms with Crippen LogP contribution in [0.25, 0.3) is 10.9 Å². The first-order valence-electron chi connectivity index (χ1n) is 7.63. The Kier molecular flexibility index (Phi) is 3.80. The number of nitrogen functional groups attached to an aromatic ring is 1. The van der Waals surface area contributed by atoms with Crippen molar-refractivity contribution in [2.45, 2.75) is 33.4 Å². The van der Waals surface area contributed by atoms with Gasteiger partial charge in [0.05, 0.1) is 0 Å². The van der Waals surface area contributed by atoms with Crippen molar-refractivity contribution in [2.24, 2.45) is 0 Å². The van der Waals surface area contributed by atoms with E-state index in [2.05, 4.69) is 43.7 Å². The van der Waals surface area contributed by atoms with Crippen molar-refractivity contribution in [3.63, 3.8) is 0 Å². The molecule has 0 spiro atoms. The zero-order chi connectivity index (χ0) is 15.7. The van der Waals surface area contributed by atoms with Gasteiger partial charge in [0.1, 0.15) is 12.4 Å². The third-order valence-electron chi connectivity index (χ3n) is 3.97. The minimum Gasteiger partial charge on any atom is -0.489 e. The molecule has 114 valence electrons. The van der Waals surface area contributed by atoms with Gasteiger partial charge < -0.3 is 15.0 Å². The number of aryl methyl sites for hydroxylation is 1. The molecule has 0 atom stereocenters. The SMILES string of the molecule is Cc1ccccc1OCc1cn(C(C)C)c2ccc(N)cc12. The lowest BCUT2D eigenvalue weighted by atomic mass is 10.1.